The number of hydrogen-bond acceptors (Lipinski definition) is 3. The summed E-state index contributed by atoms with van der Waals surface area (Å²) in [6, 6.07) is 0.620. The molecule has 4 nitrogen and oxygen atoms in total. The predicted molar refractivity (Wildman–Crippen MR) is 78.8 cm³/mol. The first-order valence-corrected chi connectivity index (χ1v) is 8.77. The van der Waals surface area contributed by atoms with E-state index in [9.17, 15) is 4.21 Å². The van der Waals surface area contributed by atoms with Crippen LogP contribution in [0.4, 0.5) is 0 Å². The number of nitrogens with zero attached hydrogens (tertiary/aromatic N) is 2. The molecule has 2 heterocycles. The molecule has 0 radical (unpaired) electrons. The molecule has 0 aromatic carbocycles. The van der Waals surface area contributed by atoms with Crippen molar-refractivity contribution in [3.05, 3.63) is 23.5 Å². The molecule has 1 aliphatic carbocycles. The SMILES string of the molecule is CS(=O)N1CCC(N2CCNC3=CCCC=C32)CC1. The van der Waals surface area contributed by atoms with Gasteiger partial charge in [-0.15, -0.1) is 0 Å². The van der Waals surface area contributed by atoms with E-state index in [0.29, 0.717) is 6.04 Å². The summed E-state index contributed by atoms with van der Waals surface area (Å²) < 4.78 is 13.6. The van der Waals surface area contributed by atoms with E-state index in [1.807, 2.05) is 0 Å². The van der Waals surface area contributed by atoms with Crippen molar-refractivity contribution in [1.82, 2.24) is 14.5 Å². The number of allylic oxidation sites excluding steroid dienone is 2. The monoisotopic (exact) mass is 281 g/mol. The van der Waals surface area contributed by atoms with Crippen molar-refractivity contribution >= 4 is 11.0 Å². The largest absolute Gasteiger partial charge is 0.382 e. The summed E-state index contributed by atoms with van der Waals surface area (Å²) >= 11 is 0. The van der Waals surface area contributed by atoms with E-state index >= 15 is 0 Å². The molecule has 1 atom stereocenters. The fraction of sp³-hybridized carbons (Fsp3) is 0.714. The van der Waals surface area contributed by atoms with E-state index in [0.717, 1.165) is 51.9 Å². The minimum absolute atomic E-state index is 0.620. The molecule has 0 aromatic rings. The van der Waals surface area contributed by atoms with Crippen molar-refractivity contribution in [3.8, 4) is 0 Å². The van der Waals surface area contributed by atoms with Crippen LogP contribution >= 0.6 is 0 Å². The van der Waals surface area contributed by atoms with Gasteiger partial charge in [-0.2, -0.15) is 0 Å². The number of fused-ring (bicyclic) bond motifs is 1. The van der Waals surface area contributed by atoms with Crippen LogP contribution in [0.1, 0.15) is 25.7 Å². The van der Waals surface area contributed by atoms with Gasteiger partial charge in [0.1, 0.15) is 0 Å². The molecule has 0 aromatic heterocycles. The van der Waals surface area contributed by atoms with Gasteiger partial charge in [-0.25, -0.2) is 8.51 Å². The van der Waals surface area contributed by atoms with Crippen LogP contribution in [-0.2, 0) is 11.0 Å². The quantitative estimate of drug-likeness (QED) is 0.826. The lowest BCUT2D eigenvalue weighted by Crippen LogP contribution is -2.50. The Balaban J connectivity index is 1.68. The lowest BCUT2D eigenvalue weighted by Gasteiger charge is -2.44. The van der Waals surface area contributed by atoms with Crippen LogP contribution < -0.4 is 5.32 Å². The topological polar surface area (TPSA) is 35.6 Å². The molecule has 1 N–H and O–H groups in total. The Bertz CT molecular complexity index is 424. The summed E-state index contributed by atoms with van der Waals surface area (Å²) in [6.07, 6.45) is 11.1. The number of piperidine rings is 1. The lowest BCUT2D eigenvalue weighted by molar-refractivity contribution is 0.170. The Morgan fingerprint density at radius 1 is 1.21 bits per heavy atom. The van der Waals surface area contributed by atoms with Crippen LogP contribution in [0.25, 0.3) is 0 Å². The standard InChI is InChI=1S/C14H23N3OS/c1-19(18)16-9-6-12(7-10-16)17-11-8-15-13-4-2-3-5-14(13)17/h4-5,12,15H,2-3,6-11H2,1H3. The van der Waals surface area contributed by atoms with Gasteiger partial charge in [-0.05, 0) is 25.7 Å². The Labute approximate surface area is 118 Å². The number of hydrogen-bond donors (Lipinski definition) is 1. The number of nitrogens with one attached hydrogen (secondary N) is 1. The van der Waals surface area contributed by atoms with Gasteiger partial charge in [0.05, 0.1) is 22.4 Å². The highest BCUT2D eigenvalue weighted by molar-refractivity contribution is 7.81. The van der Waals surface area contributed by atoms with Crippen LogP contribution in [0.2, 0.25) is 0 Å². The zero-order valence-electron chi connectivity index (χ0n) is 11.6. The molecule has 0 spiro atoms. The highest BCUT2D eigenvalue weighted by Crippen LogP contribution is 2.28. The molecule has 19 heavy (non-hydrogen) atoms. The predicted octanol–water partition coefficient (Wildman–Crippen LogP) is 1.21. The molecule has 0 bridgehead atoms. The highest BCUT2D eigenvalue weighted by Gasteiger charge is 2.30. The fourth-order valence-electron chi connectivity index (χ4n) is 3.32. The van der Waals surface area contributed by atoms with Crippen molar-refractivity contribution in [3.63, 3.8) is 0 Å². The third-order valence-corrected chi connectivity index (χ3v) is 5.43. The van der Waals surface area contributed by atoms with Gasteiger partial charge in [0.25, 0.3) is 0 Å². The van der Waals surface area contributed by atoms with Crippen LogP contribution in [0, 0.1) is 0 Å². The molecule has 2 fully saturated rings. The second kappa shape index (κ2) is 5.67. The third-order valence-electron chi connectivity index (χ3n) is 4.33. The minimum Gasteiger partial charge on any atom is -0.382 e. The second-order valence-corrected chi connectivity index (χ2v) is 6.85. The summed E-state index contributed by atoms with van der Waals surface area (Å²) in [5.41, 5.74) is 2.74. The van der Waals surface area contributed by atoms with Gasteiger partial charge in [0.2, 0.25) is 0 Å². The molecule has 2 saturated heterocycles. The summed E-state index contributed by atoms with van der Waals surface area (Å²) in [5, 5.41) is 3.51. The van der Waals surface area contributed by atoms with Crippen LogP contribution in [0.3, 0.4) is 0 Å². The Morgan fingerprint density at radius 3 is 2.68 bits per heavy atom. The molecule has 5 heteroatoms. The van der Waals surface area contributed by atoms with Crippen molar-refractivity contribution < 1.29 is 4.21 Å². The molecule has 3 aliphatic rings. The lowest BCUT2D eigenvalue weighted by atomic mass is 9.99. The van der Waals surface area contributed by atoms with Crippen molar-refractivity contribution in [2.24, 2.45) is 0 Å². The Hall–Kier alpha value is -0.810. The van der Waals surface area contributed by atoms with Crippen LogP contribution in [-0.4, -0.2) is 51.9 Å². The van der Waals surface area contributed by atoms with Crippen molar-refractivity contribution in [1.29, 1.82) is 0 Å². The van der Waals surface area contributed by atoms with Gasteiger partial charge < -0.3 is 10.2 Å². The van der Waals surface area contributed by atoms with E-state index in [2.05, 4.69) is 26.7 Å². The molecule has 2 aliphatic heterocycles. The zero-order chi connectivity index (χ0) is 13.2. The maximum Gasteiger partial charge on any atom is 0.0910 e. The average molecular weight is 281 g/mol. The molecule has 3 rings (SSSR count). The first-order chi connectivity index (χ1) is 9.25. The number of piperazine rings is 1. The summed E-state index contributed by atoms with van der Waals surface area (Å²) in [7, 11) is -0.803. The van der Waals surface area contributed by atoms with E-state index in [1.165, 1.54) is 11.4 Å². The van der Waals surface area contributed by atoms with Gasteiger partial charge in [-0.1, -0.05) is 12.2 Å². The second-order valence-electron chi connectivity index (χ2n) is 5.49. The smallest absolute Gasteiger partial charge is 0.0910 e. The molecule has 0 amide bonds. The maximum atomic E-state index is 11.5. The maximum absolute atomic E-state index is 11.5. The van der Waals surface area contributed by atoms with E-state index < -0.39 is 11.0 Å². The van der Waals surface area contributed by atoms with Gasteiger partial charge in [0, 0.05) is 38.5 Å². The van der Waals surface area contributed by atoms with E-state index in [4.69, 9.17) is 0 Å². The summed E-state index contributed by atoms with van der Waals surface area (Å²) in [5.74, 6) is 0. The summed E-state index contributed by atoms with van der Waals surface area (Å²) in [4.78, 5) is 2.58. The summed E-state index contributed by atoms with van der Waals surface area (Å²) in [6.45, 7) is 4.07. The van der Waals surface area contributed by atoms with E-state index in [1.54, 1.807) is 6.26 Å². The Morgan fingerprint density at radius 2 is 1.95 bits per heavy atom. The molecule has 106 valence electrons. The van der Waals surface area contributed by atoms with Crippen molar-refractivity contribution in [2.45, 2.75) is 31.7 Å². The van der Waals surface area contributed by atoms with Crippen molar-refractivity contribution in [2.75, 3.05) is 32.4 Å². The van der Waals surface area contributed by atoms with Gasteiger partial charge in [-0.3, -0.25) is 0 Å². The molecular weight excluding hydrogens is 258 g/mol. The molecule has 1 unspecified atom stereocenters. The number of rotatable bonds is 2. The van der Waals surface area contributed by atoms with Crippen LogP contribution in [0.15, 0.2) is 23.5 Å². The van der Waals surface area contributed by atoms with Gasteiger partial charge >= 0.3 is 0 Å². The first kappa shape index (κ1) is 13.2. The zero-order valence-corrected chi connectivity index (χ0v) is 12.4. The fourth-order valence-corrected chi connectivity index (χ4v) is 4.04. The van der Waals surface area contributed by atoms with Gasteiger partial charge in [0.15, 0.2) is 0 Å². The molecule has 0 saturated carbocycles. The highest BCUT2D eigenvalue weighted by atomic mass is 32.2. The van der Waals surface area contributed by atoms with E-state index in [-0.39, 0.29) is 0 Å². The van der Waals surface area contributed by atoms with Crippen LogP contribution in [0.5, 0.6) is 0 Å². The minimum atomic E-state index is -0.803. The molecular formula is C14H23N3OS. The third kappa shape index (κ3) is 2.72. The average Bonchev–Trinajstić information content (AvgIpc) is 2.47. The first-order valence-electron chi connectivity index (χ1n) is 7.25. The normalized spacial score (nSPS) is 27.1. The Kier molecular flexibility index (Phi) is 3.93.